The van der Waals surface area contributed by atoms with Crippen LogP contribution in [0.5, 0.6) is 0 Å². The molecule has 0 aromatic heterocycles. The van der Waals surface area contributed by atoms with E-state index >= 15 is 0 Å². The number of esters is 1. The van der Waals surface area contributed by atoms with Gasteiger partial charge in [-0.3, -0.25) is 14.3 Å². The second kappa shape index (κ2) is 6.82. The molecule has 1 rings (SSSR count). The molecule has 0 aliphatic rings. The van der Waals surface area contributed by atoms with Gasteiger partial charge in [0.15, 0.2) is 0 Å². The summed E-state index contributed by atoms with van der Waals surface area (Å²) in [5, 5.41) is 10.6. The van der Waals surface area contributed by atoms with Crippen LogP contribution in [0.15, 0.2) is 23.1 Å². The summed E-state index contributed by atoms with van der Waals surface area (Å²) >= 11 is -2.73. The molecule has 0 bridgehead atoms. The molecule has 1 aromatic carbocycles. The summed E-state index contributed by atoms with van der Waals surface area (Å²) in [6.45, 7) is 0. The molecule has 86 valence electrons. The smallest absolute Gasteiger partial charge is 0.768 e. The second-order valence-electron chi connectivity index (χ2n) is 2.67. The number of rotatable bonds is 3. The SMILES string of the molecule is COC(=O)c1ccc(S(=O)[O-])c([N+](=O)[O-])c1.[Na+]. The van der Waals surface area contributed by atoms with Gasteiger partial charge >= 0.3 is 35.5 Å². The molecule has 0 N–H and O–H groups in total. The molecular formula is C8H6NNaO6S. The van der Waals surface area contributed by atoms with Crippen LogP contribution in [-0.2, 0) is 15.8 Å². The molecule has 0 amide bonds. The van der Waals surface area contributed by atoms with E-state index in [-0.39, 0.29) is 35.1 Å². The zero-order valence-electron chi connectivity index (χ0n) is 9.04. The number of ether oxygens (including phenoxy) is 1. The summed E-state index contributed by atoms with van der Waals surface area (Å²) < 4.78 is 25.7. The first-order valence-electron chi connectivity index (χ1n) is 3.93. The van der Waals surface area contributed by atoms with Crippen molar-refractivity contribution in [2.45, 2.75) is 4.90 Å². The van der Waals surface area contributed by atoms with Gasteiger partial charge < -0.3 is 9.29 Å². The number of hydrogen-bond acceptors (Lipinski definition) is 6. The van der Waals surface area contributed by atoms with E-state index in [1.54, 1.807) is 0 Å². The summed E-state index contributed by atoms with van der Waals surface area (Å²) in [7, 11) is 1.12. The third-order valence-electron chi connectivity index (χ3n) is 1.76. The van der Waals surface area contributed by atoms with E-state index in [0.29, 0.717) is 0 Å². The molecule has 0 aliphatic carbocycles. The van der Waals surface area contributed by atoms with Gasteiger partial charge in [0, 0.05) is 6.07 Å². The number of benzene rings is 1. The topological polar surface area (TPSA) is 110 Å². The van der Waals surface area contributed by atoms with Gasteiger partial charge in [-0.25, -0.2) is 4.79 Å². The minimum Gasteiger partial charge on any atom is -0.768 e. The predicted molar refractivity (Wildman–Crippen MR) is 51.6 cm³/mol. The second-order valence-corrected chi connectivity index (χ2v) is 3.58. The molecule has 0 saturated carbocycles. The summed E-state index contributed by atoms with van der Waals surface area (Å²) in [4.78, 5) is 20.3. The molecule has 0 saturated heterocycles. The van der Waals surface area contributed by atoms with Crippen molar-refractivity contribution in [1.29, 1.82) is 0 Å². The first-order valence-corrected chi connectivity index (χ1v) is 5.01. The van der Waals surface area contributed by atoms with Gasteiger partial charge in [-0.1, -0.05) is 0 Å². The minimum atomic E-state index is -2.73. The zero-order valence-corrected chi connectivity index (χ0v) is 11.9. The Morgan fingerprint density at radius 1 is 1.47 bits per heavy atom. The van der Waals surface area contributed by atoms with Crippen molar-refractivity contribution in [2.75, 3.05) is 7.11 Å². The van der Waals surface area contributed by atoms with Crippen molar-refractivity contribution in [3.05, 3.63) is 33.9 Å². The van der Waals surface area contributed by atoms with Crippen molar-refractivity contribution in [3.63, 3.8) is 0 Å². The Bertz CT molecular complexity index is 477. The Morgan fingerprint density at radius 3 is 2.47 bits per heavy atom. The molecular weight excluding hydrogens is 261 g/mol. The summed E-state index contributed by atoms with van der Waals surface area (Å²) in [5.41, 5.74) is -0.736. The third kappa shape index (κ3) is 3.86. The van der Waals surface area contributed by atoms with Gasteiger partial charge in [-0.05, 0) is 23.2 Å². The van der Waals surface area contributed by atoms with Crippen molar-refractivity contribution in [3.8, 4) is 0 Å². The number of nitro benzene ring substituents is 1. The molecule has 1 atom stereocenters. The first-order chi connectivity index (χ1) is 7.47. The van der Waals surface area contributed by atoms with Gasteiger partial charge in [0.2, 0.25) is 0 Å². The number of nitrogens with zero attached hydrogens (tertiary/aromatic N) is 1. The zero-order chi connectivity index (χ0) is 12.3. The average Bonchev–Trinajstić information content (AvgIpc) is 2.26. The molecule has 9 heteroatoms. The van der Waals surface area contributed by atoms with Crippen LogP contribution < -0.4 is 29.6 Å². The van der Waals surface area contributed by atoms with Crippen LogP contribution in [0.1, 0.15) is 10.4 Å². The Kier molecular flexibility index (Phi) is 6.50. The number of carbonyl (C=O) groups is 1. The van der Waals surface area contributed by atoms with E-state index < -0.39 is 32.6 Å². The van der Waals surface area contributed by atoms with Crippen molar-refractivity contribution in [1.82, 2.24) is 0 Å². The van der Waals surface area contributed by atoms with Crippen molar-refractivity contribution < 1.29 is 52.8 Å². The largest absolute Gasteiger partial charge is 1.00 e. The monoisotopic (exact) mass is 267 g/mol. The van der Waals surface area contributed by atoms with Gasteiger partial charge in [0.25, 0.3) is 5.69 Å². The Balaban J connectivity index is 0.00000256. The minimum absolute atomic E-state index is 0. The molecule has 0 radical (unpaired) electrons. The number of carbonyl (C=O) groups excluding carboxylic acids is 1. The Morgan fingerprint density at radius 2 is 2.06 bits per heavy atom. The predicted octanol–water partition coefficient (Wildman–Crippen LogP) is -2.38. The Labute approximate surface area is 121 Å². The van der Waals surface area contributed by atoms with Crippen LogP contribution in [0.2, 0.25) is 0 Å². The van der Waals surface area contributed by atoms with Crippen LogP contribution in [0.4, 0.5) is 5.69 Å². The van der Waals surface area contributed by atoms with E-state index in [0.717, 1.165) is 25.3 Å². The molecule has 1 aromatic rings. The van der Waals surface area contributed by atoms with E-state index in [1.165, 1.54) is 0 Å². The summed E-state index contributed by atoms with van der Waals surface area (Å²) in [6.07, 6.45) is 0. The summed E-state index contributed by atoms with van der Waals surface area (Å²) in [5.74, 6) is -0.772. The summed E-state index contributed by atoms with van der Waals surface area (Å²) in [6, 6.07) is 2.98. The molecule has 0 aliphatic heterocycles. The molecule has 0 heterocycles. The van der Waals surface area contributed by atoms with E-state index in [1.807, 2.05) is 0 Å². The standard InChI is InChI=1S/C8H7NO6S.Na/c1-15-8(10)5-2-3-7(16(13)14)6(4-5)9(11)12;/h2-4H,1H3,(H,13,14);/q;+1/p-1. The molecule has 17 heavy (non-hydrogen) atoms. The van der Waals surface area contributed by atoms with E-state index in [4.69, 9.17) is 0 Å². The number of hydrogen-bond donors (Lipinski definition) is 0. The van der Waals surface area contributed by atoms with Crippen LogP contribution >= 0.6 is 0 Å². The third-order valence-corrected chi connectivity index (χ3v) is 2.46. The van der Waals surface area contributed by atoms with Crippen molar-refractivity contribution in [2.24, 2.45) is 0 Å². The maximum absolute atomic E-state index is 11.1. The average molecular weight is 267 g/mol. The first kappa shape index (κ1) is 16.2. The van der Waals surface area contributed by atoms with Crippen LogP contribution in [0.3, 0.4) is 0 Å². The maximum Gasteiger partial charge on any atom is 1.00 e. The van der Waals surface area contributed by atoms with Crippen LogP contribution in [0, 0.1) is 10.1 Å². The van der Waals surface area contributed by atoms with E-state index in [2.05, 4.69) is 4.74 Å². The van der Waals surface area contributed by atoms with Crippen LogP contribution in [0.25, 0.3) is 0 Å². The molecule has 0 spiro atoms. The fraction of sp³-hybridized carbons (Fsp3) is 0.125. The molecule has 0 fully saturated rings. The van der Waals surface area contributed by atoms with Gasteiger partial charge in [0.05, 0.1) is 17.6 Å². The maximum atomic E-state index is 11.1. The molecule has 7 nitrogen and oxygen atoms in total. The van der Waals surface area contributed by atoms with Crippen LogP contribution in [-0.4, -0.2) is 26.8 Å². The normalized spacial score (nSPS) is 11.2. The molecule has 1 unspecified atom stereocenters. The van der Waals surface area contributed by atoms with Gasteiger partial charge in [0.1, 0.15) is 4.90 Å². The van der Waals surface area contributed by atoms with Gasteiger partial charge in [-0.15, -0.1) is 0 Å². The quantitative estimate of drug-likeness (QED) is 0.199. The fourth-order valence-electron chi connectivity index (χ4n) is 1.05. The fourth-order valence-corrected chi connectivity index (χ4v) is 1.53. The van der Waals surface area contributed by atoms with Gasteiger partial charge in [-0.2, -0.15) is 0 Å². The number of nitro groups is 1. The van der Waals surface area contributed by atoms with E-state index in [9.17, 15) is 23.7 Å². The van der Waals surface area contributed by atoms with Crippen molar-refractivity contribution >= 4 is 22.7 Å². The Hall–Kier alpha value is -0.800. The number of methoxy groups -OCH3 is 1.